The number of hydrogen-bond donors (Lipinski definition) is 3. The average Bonchev–Trinajstić information content (AvgIpc) is 1.90. The molecular formula is C3H10B3N3. The molecule has 9 heavy (non-hydrogen) atoms. The van der Waals surface area contributed by atoms with Crippen molar-refractivity contribution in [3.8, 4) is 0 Å². The lowest BCUT2D eigenvalue weighted by atomic mass is 9.60. The largest absolute Gasteiger partial charge is 0.378 e. The zero-order valence-corrected chi connectivity index (χ0v) is 5.70. The van der Waals surface area contributed by atoms with Crippen LogP contribution in [0.2, 0.25) is 0 Å². The van der Waals surface area contributed by atoms with Crippen molar-refractivity contribution in [2.75, 3.05) is 0 Å². The highest BCUT2D eigenvalue weighted by Gasteiger charge is 2.17. The van der Waals surface area contributed by atoms with Gasteiger partial charge in [0.2, 0.25) is 0 Å². The summed E-state index contributed by atoms with van der Waals surface area (Å²) >= 11 is 0. The van der Waals surface area contributed by atoms with Crippen LogP contribution in [0.5, 0.6) is 0 Å². The van der Waals surface area contributed by atoms with Crippen LogP contribution in [-0.2, 0) is 0 Å². The third-order valence-electron chi connectivity index (χ3n) is 1.36. The maximum atomic E-state index is 3.83. The molecule has 3 N–H and O–H groups in total. The van der Waals surface area contributed by atoms with Gasteiger partial charge in [-0.05, 0) is 6.92 Å². The quantitative estimate of drug-likeness (QED) is 0.347. The number of hydrogen-bond acceptors (Lipinski definition) is 3. The molecule has 3 nitrogen and oxygen atoms in total. The summed E-state index contributed by atoms with van der Waals surface area (Å²) in [5.74, 6) is 0. The van der Waals surface area contributed by atoms with E-state index < -0.39 is 0 Å². The molecule has 0 unspecified atom stereocenters. The molecule has 0 spiro atoms. The van der Waals surface area contributed by atoms with Gasteiger partial charge in [-0.1, -0.05) is 5.47 Å². The molecule has 0 radical (unpaired) electrons. The Bertz CT molecular complexity index is 111. The summed E-state index contributed by atoms with van der Waals surface area (Å²) in [6, 6.07) is 0. The van der Waals surface area contributed by atoms with Crippen molar-refractivity contribution >= 4 is 22.1 Å². The van der Waals surface area contributed by atoms with E-state index in [0.29, 0.717) is 6.98 Å². The van der Waals surface area contributed by atoms with E-state index in [0.717, 1.165) is 20.6 Å². The van der Waals surface area contributed by atoms with E-state index in [4.69, 9.17) is 0 Å². The van der Waals surface area contributed by atoms with Gasteiger partial charge in [-0.25, -0.2) is 0 Å². The number of allylic oxidation sites excluding steroid dienone is 1. The second kappa shape index (κ2) is 3.10. The maximum Gasteiger partial charge on any atom is 0.314 e. The van der Waals surface area contributed by atoms with Crippen LogP contribution in [0.25, 0.3) is 0 Å². The third kappa shape index (κ3) is 1.89. The van der Waals surface area contributed by atoms with Crippen LogP contribution in [0.15, 0.2) is 12.1 Å². The summed E-state index contributed by atoms with van der Waals surface area (Å²) in [5.41, 5.74) is 1.14. The maximum absolute atomic E-state index is 3.83. The predicted molar refractivity (Wildman–Crippen MR) is 44.3 cm³/mol. The van der Waals surface area contributed by atoms with E-state index in [1.54, 1.807) is 0 Å². The molecule has 0 aromatic carbocycles. The lowest BCUT2D eigenvalue weighted by Gasteiger charge is -2.20. The van der Waals surface area contributed by atoms with Crippen LogP contribution in [-0.4, -0.2) is 22.1 Å². The van der Waals surface area contributed by atoms with Gasteiger partial charge in [0.1, 0.15) is 0 Å². The first-order valence-corrected chi connectivity index (χ1v) is 3.13. The Hall–Kier alpha value is -0.185. The summed E-state index contributed by atoms with van der Waals surface area (Å²) in [4.78, 5) is 0. The summed E-state index contributed by atoms with van der Waals surface area (Å²) in [6.45, 7) is 6.13. The molecule has 46 valence electrons. The smallest absolute Gasteiger partial charge is 0.314 e. The minimum absolute atomic E-state index is 0.297. The summed E-state index contributed by atoms with van der Waals surface area (Å²) in [6.07, 6.45) is 0. The van der Waals surface area contributed by atoms with Gasteiger partial charge in [0.05, 0.1) is 0 Å². The van der Waals surface area contributed by atoms with Crippen LogP contribution < -0.4 is 15.4 Å². The average molecular weight is 121 g/mol. The second-order valence-corrected chi connectivity index (χ2v) is 2.29. The SMILES string of the molecule is C=C(C)B1NBNBN1. The highest BCUT2D eigenvalue weighted by atomic mass is 15.0. The molecule has 0 aromatic heterocycles. The summed E-state index contributed by atoms with van der Waals surface area (Å²) < 4.78 is 0. The van der Waals surface area contributed by atoms with Gasteiger partial charge >= 0.3 is 6.98 Å². The molecule has 1 saturated heterocycles. The first kappa shape index (κ1) is 6.93. The molecule has 1 fully saturated rings. The predicted octanol–water partition coefficient (Wildman–Crippen LogP) is -2.09. The van der Waals surface area contributed by atoms with Crippen LogP contribution in [0.1, 0.15) is 6.92 Å². The van der Waals surface area contributed by atoms with Gasteiger partial charge in [-0.3, -0.25) is 0 Å². The standard InChI is InChI=1S/C3H10B3N3/c1-3(2)6-8-4-7-5-9-6/h4-5,7-9H,1H2,2H3. The zero-order valence-electron chi connectivity index (χ0n) is 5.70. The molecular weight excluding hydrogens is 110 g/mol. The minimum Gasteiger partial charge on any atom is -0.378 e. The van der Waals surface area contributed by atoms with Gasteiger partial charge in [0.25, 0.3) is 15.1 Å². The first-order chi connectivity index (χ1) is 4.30. The molecule has 6 heteroatoms. The first-order valence-electron chi connectivity index (χ1n) is 3.13. The lowest BCUT2D eigenvalue weighted by Crippen LogP contribution is -2.63. The van der Waals surface area contributed by atoms with Gasteiger partial charge in [0.15, 0.2) is 0 Å². The van der Waals surface area contributed by atoms with Gasteiger partial charge in [-0.2, -0.15) is 0 Å². The van der Waals surface area contributed by atoms with E-state index in [1.807, 2.05) is 6.92 Å². The minimum atomic E-state index is 0.297. The Labute approximate surface area is 57.4 Å². The zero-order chi connectivity index (χ0) is 6.69. The van der Waals surface area contributed by atoms with E-state index >= 15 is 0 Å². The Morgan fingerprint density at radius 2 is 2.00 bits per heavy atom. The van der Waals surface area contributed by atoms with E-state index in [9.17, 15) is 0 Å². The van der Waals surface area contributed by atoms with Crippen molar-refractivity contribution in [2.24, 2.45) is 0 Å². The van der Waals surface area contributed by atoms with E-state index in [1.165, 1.54) is 0 Å². The van der Waals surface area contributed by atoms with Crippen molar-refractivity contribution in [2.45, 2.75) is 6.92 Å². The molecule has 0 saturated carbocycles. The van der Waals surface area contributed by atoms with Crippen LogP contribution >= 0.6 is 0 Å². The molecule has 0 bridgehead atoms. The van der Waals surface area contributed by atoms with Crippen LogP contribution in [0.3, 0.4) is 0 Å². The highest BCUT2D eigenvalue weighted by molar-refractivity contribution is 6.79. The van der Waals surface area contributed by atoms with Crippen molar-refractivity contribution in [3.05, 3.63) is 12.1 Å². The number of nitrogens with one attached hydrogen (secondary N) is 3. The Morgan fingerprint density at radius 3 is 2.33 bits per heavy atom. The van der Waals surface area contributed by atoms with Gasteiger partial charge in [-0.15, -0.1) is 6.58 Å². The third-order valence-corrected chi connectivity index (χ3v) is 1.36. The fraction of sp³-hybridized carbons (Fsp3) is 0.333. The lowest BCUT2D eigenvalue weighted by molar-refractivity contribution is 1.23. The number of rotatable bonds is 1. The molecule has 0 amide bonds. The van der Waals surface area contributed by atoms with Gasteiger partial charge in [0, 0.05) is 0 Å². The summed E-state index contributed by atoms with van der Waals surface area (Å²) in [7, 11) is 1.73. The van der Waals surface area contributed by atoms with Gasteiger partial charge < -0.3 is 15.4 Å². The fourth-order valence-corrected chi connectivity index (χ4v) is 0.832. The molecule has 1 heterocycles. The van der Waals surface area contributed by atoms with Crippen molar-refractivity contribution < 1.29 is 0 Å². The highest BCUT2D eigenvalue weighted by Crippen LogP contribution is 1.87. The second-order valence-electron chi connectivity index (χ2n) is 2.29. The fourth-order valence-electron chi connectivity index (χ4n) is 0.832. The van der Waals surface area contributed by atoms with Crippen molar-refractivity contribution in [1.82, 2.24) is 15.4 Å². The monoisotopic (exact) mass is 121 g/mol. The van der Waals surface area contributed by atoms with Crippen molar-refractivity contribution in [3.63, 3.8) is 0 Å². The molecule has 0 atom stereocenters. The van der Waals surface area contributed by atoms with Crippen LogP contribution in [0.4, 0.5) is 0 Å². The normalized spacial score (nSPS) is 18.1. The van der Waals surface area contributed by atoms with Crippen molar-refractivity contribution in [1.29, 1.82) is 0 Å². The summed E-state index contributed by atoms with van der Waals surface area (Å²) in [5, 5.41) is 9.50. The molecule has 1 aliphatic rings. The van der Waals surface area contributed by atoms with E-state index in [2.05, 4.69) is 22.0 Å². The van der Waals surface area contributed by atoms with E-state index in [-0.39, 0.29) is 0 Å². The molecule has 1 aliphatic heterocycles. The molecule has 0 aliphatic carbocycles. The molecule has 0 aromatic rings. The molecule has 1 rings (SSSR count). The Kier molecular flexibility index (Phi) is 2.39. The Morgan fingerprint density at radius 1 is 1.44 bits per heavy atom. The Balaban J connectivity index is 2.31. The topological polar surface area (TPSA) is 36.1 Å². The van der Waals surface area contributed by atoms with Crippen LogP contribution in [0, 0.1) is 0 Å².